The van der Waals surface area contributed by atoms with Crippen LogP contribution in [0.5, 0.6) is 5.75 Å². The SMILES string of the molecule is CCOc1ccc(-c2cn(-c3ccc(F)cc3)c(=S)[nH]2)cc1. The topological polar surface area (TPSA) is 29.9 Å². The fourth-order valence-electron chi connectivity index (χ4n) is 2.23. The fraction of sp³-hybridized carbons (Fsp3) is 0.118. The first-order valence-corrected chi connectivity index (χ1v) is 7.39. The zero-order chi connectivity index (χ0) is 15.5. The highest BCUT2D eigenvalue weighted by Crippen LogP contribution is 2.23. The maximum absolute atomic E-state index is 13.0. The first-order valence-electron chi connectivity index (χ1n) is 6.98. The van der Waals surface area contributed by atoms with Gasteiger partial charge in [0.2, 0.25) is 0 Å². The first-order chi connectivity index (χ1) is 10.7. The van der Waals surface area contributed by atoms with Gasteiger partial charge in [-0.25, -0.2) is 4.39 Å². The van der Waals surface area contributed by atoms with Crippen LogP contribution >= 0.6 is 12.2 Å². The summed E-state index contributed by atoms with van der Waals surface area (Å²) < 4.78 is 20.8. The quantitative estimate of drug-likeness (QED) is 0.705. The second-order valence-electron chi connectivity index (χ2n) is 4.78. The Labute approximate surface area is 133 Å². The van der Waals surface area contributed by atoms with Crippen LogP contribution in [0.2, 0.25) is 0 Å². The predicted molar refractivity (Wildman–Crippen MR) is 87.5 cm³/mol. The van der Waals surface area contributed by atoms with Gasteiger partial charge in [0.1, 0.15) is 11.6 Å². The minimum absolute atomic E-state index is 0.266. The Morgan fingerprint density at radius 1 is 1.09 bits per heavy atom. The molecule has 0 aliphatic heterocycles. The van der Waals surface area contributed by atoms with E-state index in [-0.39, 0.29) is 5.82 Å². The maximum atomic E-state index is 13.0. The minimum Gasteiger partial charge on any atom is -0.494 e. The van der Waals surface area contributed by atoms with Crippen LogP contribution in [0.25, 0.3) is 16.9 Å². The average Bonchev–Trinajstić information content (AvgIpc) is 2.91. The van der Waals surface area contributed by atoms with Gasteiger partial charge in [0.25, 0.3) is 0 Å². The van der Waals surface area contributed by atoms with Crippen LogP contribution in [-0.2, 0) is 0 Å². The molecular formula is C17H15FN2OS. The number of rotatable bonds is 4. The van der Waals surface area contributed by atoms with Gasteiger partial charge in [0.05, 0.1) is 12.3 Å². The third-order valence-corrected chi connectivity index (χ3v) is 3.60. The zero-order valence-electron chi connectivity index (χ0n) is 12.0. The Morgan fingerprint density at radius 2 is 1.77 bits per heavy atom. The monoisotopic (exact) mass is 314 g/mol. The summed E-state index contributed by atoms with van der Waals surface area (Å²) in [6.45, 7) is 2.59. The van der Waals surface area contributed by atoms with E-state index >= 15 is 0 Å². The smallest absolute Gasteiger partial charge is 0.182 e. The zero-order valence-corrected chi connectivity index (χ0v) is 12.9. The first kappa shape index (κ1) is 14.5. The summed E-state index contributed by atoms with van der Waals surface area (Å²) in [7, 11) is 0. The van der Waals surface area contributed by atoms with E-state index in [9.17, 15) is 4.39 Å². The van der Waals surface area contributed by atoms with Crippen molar-refractivity contribution in [3.8, 4) is 22.7 Å². The highest BCUT2D eigenvalue weighted by Gasteiger charge is 2.05. The van der Waals surface area contributed by atoms with Gasteiger partial charge in [-0.2, -0.15) is 0 Å². The molecule has 0 saturated heterocycles. The van der Waals surface area contributed by atoms with Crippen molar-refractivity contribution in [1.29, 1.82) is 0 Å². The summed E-state index contributed by atoms with van der Waals surface area (Å²) in [5, 5.41) is 0. The molecule has 3 nitrogen and oxygen atoms in total. The summed E-state index contributed by atoms with van der Waals surface area (Å²) >= 11 is 5.34. The van der Waals surface area contributed by atoms with E-state index in [0.717, 1.165) is 22.7 Å². The van der Waals surface area contributed by atoms with E-state index in [1.165, 1.54) is 12.1 Å². The Kier molecular flexibility index (Phi) is 4.06. The van der Waals surface area contributed by atoms with Crippen molar-refractivity contribution in [2.24, 2.45) is 0 Å². The van der Waals surface area contributed by atoms with Gasteiger partial charge in [-0.3, -0.25) is 4.57 Å². The number of aromatic amines is 1. The van der Waals surface area contributed by atoms with Crippen LogP contribution in [0.3, 0.4) is 0 Å². The van der Waals surface area contributed by atoms with Gasteiger partial charge in [-0.1, -0.05) is 0 Å². The van der Waals surface area contributed by atoms with E-state index < -0.39 is 0 Å². The lowest BCUT2D eigenvalue weighted by molar-refractivity contribution is 0.340. The number of imidazole rings is 1. The van der Waals surface area contributed by atoms with Crippen LogP contribution in [0, 0.1) is 10.6 Å². The fourth-order valence-corrected chi connectivity index (χ4v) is 2.50. The highest BCUT2D eigenvalue weighted by atomic mass is 32.1. The van der Waals surface area contributed by atoms with Crippen LogP contribution in [0.4, 0.5) is 4.39 Å². The molecule has 0 spiro atoms. The Balaban J connectivity index is 1.94. The lowest BCUT2D eigenvalue weighted by Crippen LogP contribution is -1.91. The van der Waals surface area contributed by atoms with Crippen molar-refractivity contribution in [2.75, 3.05) is 6.61 Å². The Bertz CT molecular complexity index is 819. The summed E-state index contributed by atoms with van der Waals surface area (Å²) in [5.74, 6) is 0.570. The average molecular weight is 314 g/mol. The molecule has 3 rings (SSSR count). The van der Waals surface area contributed by atoms with Crippen LogP contribution in [0.15, 0.2) is 54.7 Å². The molecule has 1 N–H and O–H groups in total. The summed E-state index contributed by atoms with van der Waals surface area (Å²) in [5.41, 5.74) is 2.73. The van der Waals surface area contributed by atoms with E-state index in [2.05, 4.69) is 4.98 Å². The lowest BCUT2D eigenvalue weighted by atomic mass is 10.1. The Morgan fingerprint density at radius 3 is 2.41 bits per heavy atom. The third-order valence-electron chi connectivity index (χ3n) is 3.30. The van der Waals surface area contributed by atoms with Crippen molar-refractivity contribution in [1.82, 2.24) is 9.55 Å². The number of hydrogen-bond acceptors (Lipinski definition) is 2. The van der Waals surface area contributed by atoms with Crippen LogP contribution in [0.1, 0.15) is 6.92 Å². The van der Waals surface area contributed by atoms with Crippen molar-refractivity contribution in [3.05, 3.63) is 65.3 Å². The molecule has 3 aromatic rings. The van der Waals surface area contributed by atoms with E-state index in [4.69, 9.17) is 17.0 Å². The molecule has 0 saturated carbocycles. The standard InChI is InChI=1S/C17H15FN2OS/c1-2-21-15-9-3-12(4-10-15)16-11-20(17(22)19-16)14-7-5-13(18)6-8-14/h3-11H,2H2,1H3,(H,19,22). The van der Waals surface area contributed by atoms with Crippen LogP contribution in [-0.4, -0.2) is 16.2 Å². The summed E-state index contributed by atoms with van der Waals surface area (Å²) in [4.78, 5) is 3.17. The van der Waals surface area contributed by atoms with Gasteiger partial charge < -0.3 is 9.72 Å². The lowest BCUT2D eigenvalue weighted by Gasteiger charge is -2.03. The molecule has 0 fully saturated rings. The molecule has 0 unspecified atom stereocenters. The summed E-state index contributed by atoms with van der Waals surface area (Å²) in [6, 6.07) is 14.0. The summed E-state index contributed by atoms with van der Waals surface area (Å²) in [6.07, 6.45) is 1.91. The van der Waals surface area contributed by atoms with E-state index in [0.29, 0.717) is 11.4 Å². The molecule has 0 aliphatic carbocycles. The Hall–Kier alpha value is -2.40. The number of hydrogen-bond donors (Lipinski definition) is 1. The molecular weight excluding hydrogens is 299 g/mol. The van der Waals surface area contributed by atoms with Crippen molar-refractivity contribution >= 4 is 12.2 Å². The molecule has 0 aliphatic rings. The number of benzene rings is 2. The molecule has 1 heterocycles. The van der Waals surface area contributed by atoms with Crippen molar-refractivity contribution in [3.63, 3.8) is 0 Å². The molecule has 22 heavy (non-hydrogen) atoms. The molecule has 0 atom stereocenters. The van der Waals surface area contributed by atoms with Gasteiger partial charge in [-0.15, -0.1) is 0 Å². The molecule has 5 heteroatoms. The number of nitrogens with zero attached hydrogens (tertiary/aromatic N) is 1. The van der Waals surface area contributed by atoms with Gasteiger partial charge in [0, 0.05) is 11.9 Å². The molecule has 0 amide bonds. The third kappa shape index (κ3) is 2.94. The molecule has 2 aromatic carbocycles. The van der Waals surface area contributed by atoms with E-state index in [1.54, 1.807) is 12.1 Å². The molecule has 1 aromatic heterocycles. The van der Waals surface area contributed by atoms with Gasteiger partial charge >= 0.3 is 0 Å². The molecule has 112 valence electrons. The van der Waals surface area contributed by atoms with Gasteiger partial charge in [-0.05, 0) is 73.2 Å². The second-order valence-corrected chi connectivity index (χ2v) is 5.16. The predicted octanol–water partition coefficient (Wildman–Crippen LogP) is 4.74. The van der Waals surface area contributed by atoms with Crippen LogP contribution < -0.4 is 4.74 Å². The van der Waals surface area contributed by atoms with Gasteiger partial charge in [0.15, 0.2) is 4.77 Å². The number of nitrogens with one attached hydrogen (secondary N) is 1. The highest BCUT2D eigenvalue weighted by molar-refractivity contribution is 7.71. The minimum atomic E-state index is -0.266. The molecule has 0 bridgehead atoms. The number of ether oxygens (including phenoxy) is 1. The van der Waals surface area contributed by atoms with E-state index in [1.807, 2.05) is 42.0 Å². The maximum Gasteiger partial charge on any atom is 0.182 e. The van der Waals surface area contributed by atoms with Crippen molar-refractivity contribution in [2.45, 2.75) is 6.92 Å². The number of H-pyrrole nitrogens is 1. The molecule has 0 radical (unpaired) electrons. The largest absolute Gasteiger partial charge is 0.494 e. The number of halogens is 1. The normalized spacial score (nSPS) is 10.6. The number of aromatic nitrogens is 2. The van der Waals surface area contributed by atoms with Crippen molar-refractivity contribution < 1.29 is 9.13 Å². The second kappa shape index (κ2) is 6.15.